The zero-order chi connectivity index (χ0) is 20.0. The standard InChI is InChI=1S/C19H26ClN3O4/c1-18(2,3)27-17(25)22-8-6-13(7-9-22)23-14-10-12(20)11-21-15(14)26-19(4,5)16(23)24/h10-11,13H,6-9H2,1-5H3. The van der Waals surface area contributed by atoms with Crippen LogP contribution in [-0.4, -0.2) is 52.2 Å². The van der Waals surface area contributed by atoms with Crippen LogP contribution in [0, 0.1) is 0 Å². The Hall–Kier alpha value is -2.02. The molecule has 1 aromatic heterocycles. The average molecular weight is 396 g/mol. The van der Waals surface area contributed by atoms with Gasteiger partial charge in [0.25, 0.3) is 5.91 Å². The first kappa shape index (κ1) is 19.7. The molecule has 27 heavy (non-hydrogen) atoms. The number of fused-ring (bicyclic) bond motifs is 1. The third-order valence-electron chi connectivity index (χ3n) is 4.63. The molecule has 7 nitrogen and oxygen atoms in total. The molecule has 0 bridgehead atoms. The molecule has 0 N–H and O–H groups in total. The van der Waals surface area contributed by atoms with Crippen molar-refractivity contribution >= 4 is 29.3 Å². The normalized spacial score (nSPS) is 20.1. The number of halogens is 1. The lowest BCUT2D eigenvalue weighted by Crippen LogP contribution is -2.58. The number of hydrogen-bond acceptors (Lipinski definition) is 5. The molecule has 0 unspecified atom stereocenters. The van der Waals surface area contributed by atoms with Gasteiger partial charge in [-0.15, -0.1) is 0 Å². The van der Waals surface area contributed by atoms with Gasteiger partial charge in [-0.25, -0.2) is 9.78 Å². The minimum absolute atomic E-state index is 0.0571. The van der Waals surface area contributed by atoms with Crippen LogP contribution in [-0.2, 0) is 9.53 Å². The zero-order valence-corrected chi connectivity index (χ0v) is 17.2. The summed E-state index contributed by atoms with van der Waals surface area (Å²) in [6.07, 6.45) is 2.48. The quantitative estimate of drug-likeness (QED) is 0.725. The summed E-state index contributed by atoms with van der Waals surface area (Å²) < 4.78 is 11.2. The summed E-state index contributed by atoms with van der Waals surface area (Å²) in [4.78, 5) is 33.0. The predicted octanol–water partition coefficient (Wildman–Crippen LogP) is 3.64. The number of hydrogen-bond donors (Lipinski definition) is 0. The number of piperidine rings is 1. The lowest BCUT2D eigenvalue weighted by Gasteiger charge is -2.44. The molecule has 1 saturated heterocycles. The molecular weight excluding hydrogens is 370 g/mol. The minimum atomic E-state index is -1.00. The van der Waals surface area contributed by atoms with Gasteiger partial charge in [0.15, 0.2) is 5.60 Å². The highest BCUT2D eigenvalue weighted by molar-refractivity contribution is 6.30. The molecule has 1 fully saturated rings. The summed E-state index contributed by atoms with van der Waals surface area (Å²) in [6.45, 7) is 10.1. The van der Waals surface area contributed by atoms with Crippen molar-refractivity contribution in [3.8, 4) is 5.88 Å². The fraction of sp³-hybridized carbons (Fsp3) is 0.632. The lowest BCUT2D eigenvalue weighted by atomic mass is 9.97. The fourth-order valence-corrected chi connectivity index (χ4v) is 3.50. The highest BCUT2D eigenvalue weighted by Crippen LogP contribution is 2.40. The Kier molecular flexibility index (Phi) is 5.01. The van der Waals surface area contributed by atoms with Gasteiger partial charge in [-0.05, 0) is 53.5 Å². The maximum Gasteiger partial charge on any atom is 0.410 e. The van der Waals surface area contributed by atoms with Crippen LogP contribution in [0.15, 0.2) is 12.3 Å². The molecule has 2 aliphatic rings. The Balaban J connectivity index is 1.78. The summed E-state index contributed by atoms with van der Waals surface area (Å²) in [6, 6.07) is 1.65. The number of nitrogens with zero attached hydrogens (tertiary/aromatic N) is 3. The number of pyridine rings is 1. The Morgan fingerprint density at radius 1 is 1.33 bits per heavy atom. The topological polar surface area (TPSA) is 72.0 Å². The van der Waals surface area contributed by atoms with E-state index >= 15 is 0 Å². The molecular formula is C19H26ClN3O4. The van der Waals surface area contributed by atoms with E-state index in [0.29, 0.717) is 42.5 Å². The van der Waals surface area contributed by atoms with Gasteiger partial charge in [-0.1, -0.05) is 11.6 Å². The van der Waals surface area contributed by atoms with Crippen molar-refractivity contribution in [1.29, 1.82) is 0 Å². The summed E-state index contributed by atoms with van der Waals surface area (Å²) in [7, 11) is 0. The molecule has 148 valence electrons. The van der Waals surface area contributed by atoms with E-state index in [2.05, 4.69) is 4.98 Å². The molecule has 3 heterocycles. The van der Waals surface area contributed by atoms with Crippen molar-refractivity contribution in [2.75, 3.05) is 18.0 Å². The first-order chi connectivity index (χ1) is 12.5. The predicted molar refractivity (Wildman–Crippen MR) is 102 cm³/mol. The number of anilines is 1. The van der Waals surface area contributed by atoms with E-state index in [1.165, 1.54) is 6.20 Å². The molecule has 2 aliphatic heterocycles. The number of ether oxygens (including phenoxy) is 2. The van der Waals surface area contributed by atoms with Gasteiger partial charge >= 0.3 is 6.09 Å². The third kappa shape index (κ3) is 4.13. The van der Waals surface area contributed by atoms with Crippen molar-refractivity contribution in [2.24, 2.45) is 0 Å². The molecule has 0 radical (unpaired) electrons. The van der Waals surface area contributed by atoms with Crippen LogP contribution in [0.2, 0.25) is 5.02 Å². The second kappa shape index (κ2) is 6.86. The van der Waals surface area contributed by atoms with Crippen molar-refractivity contribution < 1.29 is 19.1 Å². The molecule has 0 saturated carbocycles. The number of carbonyl (C=O) groups is 2. The smallest absolute Gasteiger partial charge is 0.410 e. The molecule has 2 amide bonds. The van der Waals surface area contributed by atoms with Gasteiger partial charge in [0.2, 0.25) is 5.88 Å². The van der Waals surface area contributed by atoms with Crippen LogP contribution in [0.1, 0.15) is 47.5 Å². The molecule has 0 aliphatic carbocycles. The molecule has 3 rings (SSSR count). The molecule has 0 atom stereocenters. The number of amides is 2. The van der Waals surface area contributed by atoms with Crippen LogP contribution in [0.3, 0.4) is 0 Å². The maximum atomic E-state index is 13.0. The van der Waals surface area contributed by atoms with Gasteiger partial charge < -0.3 is 19.3 Å². The van der Waals surface area contributed by atoms with Crippen molar-refractivity contribution in [2.45, 2.75) is 64.7 Å². The van der Waals surface area contributed by atoms with E-state index in [9.17, 15) is 9.59 Å². The monoisotopic (exact) mass is 395 g/mol. The van der Waals surface area contributed by atoms with Gasteiger partial charge in [0.1, 0.15) is 11.3 Å². The van der Waals surface area contributed by atoms with E-state index in [4.69, 9.17) is 21.1 Å². The highest BCUT2D eigenvalue weighted by atomic mass is 35.5. The van der Waals surface area contributed by atoms with Crippen LogP contribution in [0.25, 0.3) is 0 Å². The van der Waals surface area contributed by atoms with E-state index in [1.807, 2.05) is 20.8 Å². The van der Waals surface area contributed by atoms with Crippen molar-refractivity contribution in [1.82, 2.24) is 9.88 Å². The van der Waals surface area contributed by atoms with Gasteiger partial charge in [0, 0.05) is 25.3 Å². The largest absolute Gasteiger partial charge is 0.460 e. The Morgan fingerprint density at radius 3 is 2.56 bits per heavy atom. The second-order valence-corrected chi connectivity index (χ2v) is 8.90. The van der Waals surface area contributed by atoms with Crippen molar-refractivity contribution in [3.05, 3.63) is 17.3 Å². The van der Waals surface area contributed by atoms with Crippen LogP contribution in [0.5, 0.6) is 5.88 Å². The average Bonchev–Trinajstić information content (AvgIpc) is 2.55. The Bertz CT molecular complexity index is 752. The first-order valence-electron chi connectivity index (χ1n) is 9.14. The number of carbonyl (C=O) groups excluding carboxylic acids is 2. The minimum Gasteiger partial charge on any atom is -0.460 e. The van der Waals surface area contributed by atoms with Crippen LogP contribution < -0.4 is 9.64 Å². The van der Waals surface area contributed by atoms with E-state index in [0.717, 1.165) is 0 Å². The number of aromatic nitrogens is 1. The number of likely N-dealkylation sites (tertiary alicyclic amines) is 1. The van der Waals surface area contributed by atoms with Gasteiger partial charge in [-0.3, -0.25) is 4.79 Å². The fourth-order valence-electron chi connectivity index (χ4n) is 3.35. The van der Waals surface area contributed by atoms with E-state index < -0.39 is 11.2 Å². The highest BCUT2D eigenvalue weighted by Gasteiger charge is 2.45. The lowest BCUT2D eigenvalue weighted by molar-refractivity contribution is -0.133. The third-order valence-corrected chi connectivity index (χ3v) is 4.83. The summed E-state index contributed by atoms with van der Waals surface area (Å²) in [5, 5.41) is 0.445. The van der Waals surface area contributed by atoms with E-state index in [-0.39, 0.29) is 18.0 Å². The Morgan fingerprint density at radius 2 is 1.96 bits per heavy atom. The zero-order valence-electron chi connectivity index (χ0n) is 16.4. The summed E-state index contributed by atoms with van der Waals surface area (Å²) >= 11 is 6.10. The molecule has 0 spiro atoms. The second-order valence-electron chi connectivity index (χ2n) is 8.46. The number of rotatable bonds is 1. The summed E-state index contributed by atoms with van der Waals surface area (Å²) in [5.74, 6) is 0.272. The first-order valence-corrected chi connectivity index (χ1v) is 9.52. The van der Waals surface area contributed by atoms with E-state index in [1.54, 1.807) is 29.7 Å². The van der Waals surface area contributed by atoms with Gasteiger partial charge in [0.05, 0.1) is 5.02 Å². The van der Waals surface area contributed by atoms with Crippen LogP contribution in [0.4, 0.5) is 10.5 Å². The SMILES string of the molecule is CC(C)(C)OC(=O)N1CCC(N2C(=O)C(C)(C)Oc3ncc(Cl)cc32)CC1. The van der Waals surface area contributed by atoms with Gasteiger partial charge in [-0.2, -0.15) is 0 Å². The Labute approximate surface area is 164 Å². The molecule has 1 aromatic rings. The summed E-state index contributed by atoms with van der Waals surface area (Å²) in [5.41, 5.74) is -0.946. The molecule has 0 aromatic carbocycles. The van der Waals surface area contributed by atoms with Crippen LogP contribution >= 0.6 is 11.6 Å². The molecule has 8 heteroatoms. The van der Waals surface area contributed by atoms with Crippen molar-refractivity contribution in [3.63, 3.8) is 0 Å². The maximum absolute atomic E-state index is 13.0.